The molecule has 1 saturated heterocycles. The van der Waals surface area contributed by atoms with Crippen molar-refractivity contribution in [3.63, 3.8) is 0 Å². The van der Waals surface area contributed by atoms with Crippen molar-refractivity contribution >= 4 is 11.8 Å². The Balaban J connectivity index is 1.46. The third kappa shape index (κ3) is 3.05. The lowest BCUT2D eigenvalue weighted by Gasteiger charge is -2.58. The lowest BCUT2D eigenvalue weighted by molar-refractivity contribution is -0.178. The molecule has 2 aromatic rings. The van der Waals surface area contributed by atoms with E-state index in [-0.39, 0.29) is 23.3 Å². The molecule has 1 aromatic carbocycles. The fourth-order valence-electron chi connectivity index (χ4n) is 4.86. The molecule has 0 radical (unpaired) electrons. The van der Waals surface area contributed by atoms with Gasteiger partial charge in [0.25, 0.3) is 5.91 Å². The highest BCUT2D eigenvalue weighted by molar-refractivity contribution is 5.93. The van der Waals surface area contributed by atoms with Gasteiger partial charge in [0, 0.05) is 26.3 Å². The van der Waals surface area contributed by atoms with Crippen molar-refractivity contribution in [1.82, 2.24) is 14.8 Å². The average Bonchev–Trinajstić information content (AvgIpc) is 3.14. The molecular formula is C22H27N3O2. The molecule has 27 heavy (non-hydrogen) atoms. The topological polar surface area (TPSA) is 54.3 Å². The SMILES string of the molecule is Cn1cccc1C(=O)NCCN1C(=O)C2(CCCCC2)C1c1ccccc1. The third-order valence-electron chi connectivity index (χ3n) is 6.20. The lowest BCUT2D eigenvalue weighted by atomic mass is 9.60. The fourth-order valence-corrected chi connectivity index (χ4v) is 4.86. The number of aromatic nitrogens is 1. The normalized spacial score (nSPS) is 21.1. The molecule has 2 heterocycles. The first-order valence-corrected chi connectivity index (χ1v) is 9.89. The van der Waals surface area contributed by atoms with Gasteiger partial charge in [0.2, 0.25) is 5.91 Å². The molecule has 2 amide bonds. The number of rotatable bonds is 5. The minimum absolute atomic E-state index is 0.0980. The summed E-state index contributed by atoms with van der Waals surface area (Å²) in [5.41, 5.74) is 1.63. The van der Waals surface area contributed by atoms with Crippen LogP contribution in [0.3, 0.4) is 0 Å². The number of β-lactam (4-membered cyclic amide) rings is 1. The molecule has 1 spiro atoms. The van der Waals surface area contributed by atoms with Crippen LogP contribution in [0, 0.1) is 5.41 Å². The summed E-state index contributed by atoms with van der Waals surface area (Å²) in [7, 11) is 1.85. The second-order valence-electron chi connectivity index (χ2n) is 7.79. The maximum atomic E-state index is 13.1. The Bertz CT molecular complexity index is 821. The van der Waals surface area contributed by atoms with E-state index in [2.05, 4.69) is 17.4 Å². The Morgan fingerprint density at radius 2 is 1.85 bits per heavy atom. The Labute approximate surface area is 160 Å². The first kappa shape index (κ1) is 17.8. The number of hydrogen-bond donors (Lipinski definition) is 1. The van der Waals surface area contributed by atoms with E-state index in [9.17, 15) is 9.59 Å². The van der Waals surface area contributed by atoms with Crippen LogP contribution in [0.5, 0.6) is 0 Å². The Hall–Kier alpha value is -2.56. The molecule has 2 fully saturated rings. The molecular weight excluding hydrogens is 338 g/mol. The van der Waals surface area contributed by atoms with Gasteiger partial charge in [0.05, 0.1) is 11.5 Å². The van der Waals surface area contributed by atoms with Crippen LogP contribution in [0.15, 0.2) is 48.7 Å². The van der Waals surface area contributed by atoms with E-state index in [1.165, 1.54) is 12.0 Å². The quantitative estimate of drug-likeness (QED) is 0.827. The summed E-state index contributed by atoms with van der Waals surface area (Å²) in [5.74, 6) is 0.170. The van der Waals surface area contributed by atoms with Crippen molar-refractivity contribution in [2.75, 3.05) is 13.1 Å². The van der Waals surface area contributed by atoms with Gasteiger partial charge in [-0.3, -0.25) is 9.59 Å². The molecule has 0 bridgehead atoms. The number of aryl methyl sites for hydroxylation is 1. The summed E-state index contributed by atoms with van der Waals surface area (Å²) in [4.78, 5) is 27.4. The van der Waals surface area contributed by atoms with Crippen molar-refractivity contribution in [2.24, 2.45) is 12.5 Å². The zero-order valence-corrected chi connectivity index (χ0v) is 15.9. The van der Waals surface area contributed by atoms with Gasteiger partial charge in [-0.25, -0.2) is 0 Å². The number of carbonyl (C=O) groups is 2. The predicted molar refractivity (Wildman–Crippen MR) is 104 cm³/mol. The predicted octanol–water partition coefficient (Wildman–Crippen LogP) is 3.29. The summed E-state index contributed by atoms with van der Waals surface area (Å²) >= 11 is 0. The zero-order valence-electron chi connectivity index (χ0n) is 15.9. The van der Waals surface area contributed by atoms with E-state index in [1.54, 1.807) is 10.6 Å². The molecule has 1 saturated carbocycles. The molecule has 5 heteroatoms. The summed E-state index contributed by atoms with van der Waals surface area (Å²) in [6.07, 6.45) is 7.31. The van der Waals surface area contributed by atoms with Crippen molar-refractivity contribution in [3.8, 4) is 0 Å². The molecule has 1 aliphatic carbocycles. The summed E-state index contributed by atoms with van der Waals surface area (Å²) in [6.45, 7) is 1.02. The Morgan fingerprint density at radius 1 is 1.11 bits per heavy atom. The van der Waals surface area contributed by atoms with Gasteiger partial charge in [-0.05, 0) is 30.5 Å². The molecule has 4 rings (SSSR count). The number of likely N-dealkylation sites (tertiary alicyclic amines) is 1. The van der Waals surface area contributed by atoms with Crippen LogP contribution in [0.4, 0.5) is 0 Å². The second kappa shape index (κ2) is 7.22. The minimum Gasteiger partial charge on any atom is -0.349 e. The maximum Gasteiger partial charge on any atom is 0.267 e. The standard InChI is InChI=1S/C22H27N3O2/c1-24-15-8-11-18(24)20(26)23-14-16-25-19(17-9-4-2-5-10-17)22(21(25)27)12-6-3-7-13-22/h2,4-5,8-11,15,19H,3,6-7,12-14,16H2,1H3,(H,23,26). The number of nitrogens with one attached hydrogen (secondary N) is 1. The van der Waals surface area contributed by atoms with Crippen molar-refractivity contribution in [1.29, 1.82) is 0 Å². The maximum absolute atomic E-state index is 13.1. The number of amides is 2. The highest BCUT2D eigenvalue weighted by Gasteiger charge is 2.60. The van der Waals surface area contributed by atoms with E-state index in [4.69, 9.17) is 0 Å². The molecule has 1 aliphatic heterocycles. The molecule has 1 N–H and O–H groups in total. The molecule has 142 valence electrons. The second-order valence-corrected chi connectivity index (χ2v) is 7.79. The summed E-state index contributed by atoms with van der Waals surface area (Å²) in [5, 5.41) is 2.96. The van der Waals surface area contributed by atoms with Gasteiger partial charge in [-0.2, -0.15) is 0 Å². The van der Waals surface area contributed by atoms with Gasteiger partial charge in [0.15, 0.2) is 0 Å². The van der Waals surface area contributed by atoms with E-state index in [0.29, 0.717) is 18.8 Å². The number of hydrogen-bond acceptors (Lipinski definition) is 2. The van der Waals surface area contributed by atoms with Crippen molar-refractivity contribution in [3.05, 3.63) is 59.9 Å². The van der Waals surface area contributed by atoms with Crippen LogP contribution in [0.25, 0.3) is 0 Å². The van der Waals surface area contributed by atoms with E-state index >= 15 is 0 Å². The van der Waals surface area contributed by atoms with E-state index in [1.807, 2.05) is 42.4 Å². The van der Waals surface area contributed by atoms with Crippen LogP contribution in [-0.2, 0) is 11.8 Å². The largest absolute Gasteiger partial charge is 0.349 e. The van der Waals surface area contributed by atoms with Crippen molar-refractivity contribution in [2.45, 2.75) is 38.1 Å². The van der Waals surface area contributed by atoms with Gasteiger partial charge in [-0.1, -0.05) is 49.6 Å². The number of nitrogens with zero attached hydrogens (tertiary/aromatic N) is 2. The smallest absolute Gasteiger partial charge is 0.267 e. The molecule has 1 unspecified atom stereocenters. The first-order valence-electron chi connectivity index (χ1n) is 9.89. The van der Waals surface area contributed by atoms with Gasteiger partial charge in [-0.15, -0.1) is 0 Å². The summed E-state index contributed by atoms with van der Waals surface area (Å²) in [6, 6.07) is 14.2. The van der Waals surface area contributed by atoms with Crippen LogP contribution < -0.4 is 5.32 Å². The van der Waals surface area contributed by atoms with E-state index in [0.717, 1.165) is 25.7 Å². The van der Waals surface area contributed by atoms with Crippen LogP contribution in [-0.4, -0.2) is 34.4 Å². The van der Waals surface area contributed by atoms with Crippen molar-refractivity contribution < 1.29 is 9.59 Å². The lowest BCUT2D eigenvalue weighted by Crippen LogP contribution is -2.64. The Kier molecular flexibility index (Phi) is 4.77. The highest BCUT2D eigenvalue weighted by atomic mass is 16.2. The summed E-state index contributed by atoms with van der Waals surface area (Å²) < 4.78 is 1.80. The van der Waals surface area contributed by atoms with Gasteiger partial charge < -0.3 is 14.8 Å². The monoisotopic (exact) mass is 365 g/mol. The van der Waals surface area contributed by atoms with Crippen LogP contribution in [0.2, 0.25) is 0 Å². The molecule has 5 nitrogen and oxygen atoms in total. The average molecular weight is 365 g/mol. The first-order chi connectivity index (χ1) is 13.1. The molecule has 1 atom stereocenters. The highest BCUT2D eigenvalue weighted by Crippen LogP contribution is 2.57. The van der Waals surface area contributed by atoms with E-state index < -0.39 is 0 Å². The third-order valence-corrected chi connectivity index (χ3v) is 6.20. The molecule has 2 aliphatic rings. The number of carbonyl (C=O) groups excluding carboxylic acids is 2. The van der Waals surface area contributed by atoms with Crippen LogP contribution >= 0.6 is 0 Å². The minimum atomic E-state index is -0.221. The van der Waals surface area contributed by atoms with Gasteiger partial charge in [0.1, 0.15) is 5.69 Å². The van der Waals surface area contributed by atoms with Gasteiger partial charge >= 0.3 is 0 Å². The zero-order chi connectivity index (χ0) is 18.9. The number of benzene rings is 1. The Morgan fingerprint density at radius 3 is 2.52 bits per heavy atom. The van der Waals surface area contributed by atoms with Crippen LogP contribution in [0.1, 0.15) is 54.2 Å². The fraction of sp³-hybridized carbons (Fsp3) is 0.455. The molecule has 1 aromatic heterocycles.